The van der Waals surface area contributed by atoms with Crippen molar-refractivity contribution in [2.45, 2.75) is 26.8 Å². The van der Waals surface area contributed by atoms with Crippen molar-refractivity contribution in [3.05, 3.63) is 101 Å². The van der Waals surface area contributed by atoms with Gasteiger partial charge in [0, 0.05) is 26.2 Å². The predicted octanol–water partition coefficient (Wildman–Crippen LogP) is 4.92. The fourth-order valence-corrected chi connectivity index (χ4v) is 4.29. The summed E-state index contributed by atoms with van der Waals surface area (Å²) in [4.78, 5) is 17.2. The van der Waals surface area contributed by atoms with Crippen LogP contribution in [-0.2, 0) is 4.79 Å². The molecule has 1 aliphatic rings. The average molecular weight is 429 g/mol. The van der Waals surface area contributed by atoms with Crippen LogP contribution in [0.2, 0.25) is 0 Å². The molecule has 0 spiro atoms. The number of hydrogen-bond acceptors (Lipinski definition) is 3. The number of hydrogen-bond donors (Lipinski definition) is 0. The molecule has 1 aliphatic heterocycles. The molecule has 0 aliphatic carbocycles. The van der Waals surface area contributed by atoms with E-state index in [1.54, 1.807) is 0 Å². The van der Waals surface area contributed by atoms with E-state index in [4.69, 9.17) is 4.74 Å². The van der Waals surface area contributed by atoms with Gasteiger partial charge in [-0.3, -0.25) is 9.69 Å². The molecule has 4 rings (SSSR count). The highest BCUT2D eigenvalue weighted by atomic mass is 16.5. The molecule has 166 valence electrons. The van der Waals surface area contributed by atoms with E-state index >= 15 is 0 Å². The third-order valence-corrected chi connectivity index (χ3v) is 6.26. The monoisotopic (exact) mass is 428 g/mol. The molecular formula is C28H32N2O2. The van der Waals surface area contributed by atoms with Crippen LogP contribution in [0.5, 0.6) is 5.75 Å². The fourth-order valence-electron chi connectivity index (χ4n) is 4.29. The maximum Gasteiger partial charge on any atom is 0.260 e. The summed E-state index contributed by atoms with van der Waals surface area (Å²) in [5.41, 5.74) is 6.16. The van der Waals surface area contributed by atoms with Crippen LogP contribution in [0.4, 0.5) is 0 Å². The zero-order valence-electron chi connectivity index (χ0n) is 19.3. The fraction of sp³-hybridized carbons (Fsp3) is 0.321. The molecule has 0 bridgehead atoms. The average Bonchev–Trinajstić information content (AvgIpc) is 2.81. The Bertz CT molecular complexity index is 990. The minimum atomic E-state index is 0.0510. The molecule has 32 heavy (non-hydrogen) atoms. The van der Waals surface area contributed by atoms with Crippen LogP contribution >= 0.6 is 0 Å². The number of ether oxygens (including phenoxy) is 1. The molecule has 0 radical (unpaired) electrons. The van der Waals surface area contributed by atoms with Gasteiger partial charge in [-0.1, -0.05) is 77.9 Å². The van der Waals surface area contributed by atoms with E-state index in [1.165, 1.54) is 22.3 Å². The van der Waals surface area contributed by atoms with Gasteiger partial charge in [0.05, 0.1) is 6.04 Å². The highest BCUT2D eigenvalue weighted by Gasteiger charge is 2.28. The quantitative estimate of drug-likeness (QED) is 0.558. The molecule has 1 fully saturated rings. The van der Waals surface area contributed by atoms with E-state index in [9.17, 15) is 4.79 Å². The first-order valence-corrected chi connectivity index (χ1v) is 11.3. The first-order chi connectivity index (χ1) is 15.5. The second kappa shape index (κ2) is 10.0. The lowest BCUT2D eigenvalue weighted by atomic mass is 9.95. The number of carbonyl (C=O) groups is 1. The largest absolute Gasteiger partial charge is 0.484 e. The molecule has 1 amide bonds. The molecule has 0 aromatic heterocycles. The van der Waals surface area contributed by atoms with Crippen molar-refractivity contribution >= 4 is 5.91 Å². The summed E-state index contributed by atoms with van der Waals surface area (Å²) >= 11 is 0. The minimum Gasteiger partial charge on any atom is -0.484 e. The van der Waals surface area contributed by atoms with E-state index < -0.39 is 0 Å². The summed E-state index contributed by atoms with van der Waals surface area (Å²) in [6, 6.07) is 25.6. The van der Waals surface area contributed by atoms with E-state index in [1.807, 2.05) is 36.1 Å². The van der Waals surface area contributed by atoms with Gasteiger partial charge in [0.25, 0.3) is 5.91 Å². The summed E-state index contributed by atoms with van der Waals surface area (Å²) in [5, 5.41) is 0. The smallest absolute Gasteiger partial charge is 0.260 e. The van der Waals surface area contributed by atoms with Crippen molar-refractivity contribution in [3.8, 4) is 5.75 Å². The highest BCUT2D eigenvalue weighted by Crippen LogP contribution is 2.30. The molecule has 0 atom stereocenters. The number of nitrogens with zero attached hydrogens (tertiary/aromatic N) is 2. The Morgan fingerprint density at radius 1 is 0.781 bits per heavy atom. The van der Waals surface area contributed by atoms with E-state index in [2.05, 4.69) is 67.3 Å². The summed E-state index contributed by atoms with van der Waals surface area (Å²) in [5.74, 6) is 0.827. The molecule has 4 heteroatoms. The molecular weight excluding hydrogens is 396 g/mol. The lowest BCUT2D eigenvalue weighted by Gasteiger charge is -2.39. The van der Waals surface area contributed by atoms with Crippen molar-refractivity contribution in [2.24, 2.45) is 0 Å². The number of amides is 1. The first kappa shape index (κ1) is 22.1. The van der Waals surface area contributed by atoms with Gasteiger partial charge < -0.3 is 9.64 Å². The summed E-state index contributed by atoms with van der Waals surface area (Å²) in [6.07, 6.45) is 0. The zero-order chi connectivity index (χ0) is 22.5. The number of carbonyl (C=O) groups excluding carboxylic acids is 1. The van der Waals surface area contributed by atoms with E-state index in [-0.39, 0.29) is 18.6 Å². The lowest BCUT2D eigenvalue weighted by Crippen LogP contribution is -2.51. The number of benzene rings is 3. The molecule has 0 saturated carbocycles. The highest BCUT2D eigenvalue weighted by molar-refractivity contribution is 5.78. The van der Waals surface area contributed by atoms with Gasteiger partial charge in [-0.05, 0) is 43.5 Å². The van der Waals surface area contributed by atoms with Gasteiger partial charge in [0.15, 0.2) is 6.61 Å². The second-order valence-corrected chi connectivity index (χ2v) is 8.69. The second-order valence-electron chi connectivity index (χ2n) is 8.69. The van der Waals surface area contributed by atoms with E-state index in [0.717, 1.165) is 24.4 Å². The van der Waals surface area contributed by atoms with Gasteiger partial charge in [0.1, 0.15) is 5.75 Å². The SMILES string of the molecule is Cc1ccc(C(c2ccc(C)cc2)N2CCN(C(=O)COc3ccccc3C)CC2)cc1. The molecule has 0 unspecified atom stereocenters. The Balaban J connectivity index is 1.43. The normalized spacial score (nSPS) is 14.6. The first-order valence-electron chi connectivity index (χ1n) is 11.3. The molecule has 4 nitrogen and oxygen atoms in total. The summed E-state index contributed by atoms with van der Waals surface area (Å²) in [6.45, 7) is 9.42. The summed E-state index contributed by atoms with van der Waals surface area (Å²) < 4.78 is 5.78. The number of piperazine rings is 1. The van der Waals surface area contributed by atoms with Crippen molar-refractivity contribution in [1.82, 2.24) is 9.80 Å². The Hall–Kier alpha value is -3.11. The van der Waals surface area contributed by atoms with Gasteiger partial charge >= 0.3 is 0 Å². The van der Waals surface area contributed by atoms with Crippen molar-refractivity contribution in [3.63, 3.8) is 0 Å². The third-order valence-electron chi connectivity index (χ3n) is 6.26. The van der Waals surface area contributed by atoms with Crippen LogP contribution in [0, 0.1) is 20.8 Å². The lowest BCUT2D eigenvalue weighted by molar-refractivity contribution is -0.135. The Labute approximate surface area is 191 Å². The Morgan fingerprint density at radius 3 is 1.84 bits per heavy atom. The van der Waals surface area contributed by atoms with Gasteiger partial charge in [-0.15, -0.1) is 0 Å². The maximum atomic E-state index is 12.8. The topological polar surface area (TPSA) is 32.8 Å². The van der Waals surface area contributed by atoms with E-state index in [0.29, 0.717) is 13.1 Å². The molecule has 3 aromatic carbocycles. The Morgan fingerprint density at radius 2 is 1.31 bits per heavy atom. The van der Waals surface area contributed by atoms with Crippen LogP contribution < -0.4 is 4.74 Å². The van der Waals surface area contributed by atoms with Crippen molar-refractivity contribution < 1.29 is 9.53 Å². The Kier molecular flexibility index (Phi) is 6.91. The molecule has 1 heterocycles. The van der Waals surface area contributed by atoms with Crippen molar-refractivity contribution in [2.75, 3.05) is 32.8 Å². The van der Waals surface area contributed by atoms with Gasteiger partial charge in [-0.2, -0.15) is 0 Å². The van der Waals surface area contributed by atoms with Crippen LogP contribution in [0.25, 0.3) is 0 Å². The van der Waals surface area contributed by atoms with Crippen LogP contribution in [0.1, 0.15) is 33.9 Å². The molecule has 3 aromatic rings. The van der Waals surface area contributed by atoms with Crippen molar-refractivity contribution in [1.29, 1.82) is 0 Å². The molecule has 0 N–H and O–H groups in total. The molecule has 1 saturated heterocycles. The summed E-state index contributed by atoms with van der Waals surface area (Å²) in [7, 11) is 0. The van der Waals surface area contributed by atoms with Crippen LogP contribution in [-0.4, -0.2) is 48.5 Å². The van der Waals surface area contributed by atoms with Crippen LogP contribution in [0.15, 0.2) is 72.8 Å². The predicted molar refractivity (Wildman–Crippen MR) is 129 cm³/mol. The van der Waals surface area contributed by atoms with Gasteiger partial charge in [-0.25, -0.2) is 0 Å². The minimum absolute atomic E-state index is 0.0510. The number of aryl methyl sites for hydroxylation is 3. The zero-order valence-corrected chi connectivity index (χ0v) is 19.3. The van der Waals surface area contributed by atoms with Crippen LogP contribution in [0.3, 0.4) is 0 Å². The third kappa shape index (κ3) is 5.20. The number of para-hydroxylation sites is 1. The van der Waals surface area contributed by atoms with Gasteiger partial charge in [0.2, 0.25) is 0 Å². The number of rotatable bonds is 6. The standard InChI is InChI=1S/C28H32N2O2/c1-21-8-12-24(13-9-21)28(25-14-10-22(2)11-15-25)30-18-16-29(17-19-30)27(31)20-32-26-7-5-4-6-23(26)3/h4-15,28H,16-20H2,1-3H3. The maximum absolute atomic E-state index is 12.8.